The van der Waals surface area contributed by atoms with E-state index in [1.54, 1.807) is 0 Å². The summed E-state index contributed by atoms with van der Waals surface area (Å²) in [7, 11) is 0. The van der Waals surface area contributed by atoms with E-state index in [9.17, 15) is 4.79 Å². The van der Waals surface area contributed by atoms with Crippen LogP contribution >= 0.6 is 43.6 Å². The zero-order valence-electron chi connectivity index (χ0n) is 14.8. The maximum atomic E-state index is 12.3. The summed E-state index contributed by atoms with van der Waals surface area (Å²) in [6.45, 7) is 3.99. The van der Waals surface area contributed by atoms with Gasteiger partial charge in [0, 0.05) is 20.2 Å². The van der Waals surface area contributed by atoms with Crippen molar-refractivity contribution in [2.24, 2.45) is 0 Å². The zero-order chi connectivity index (χ0) is 19.4. The zero-order valence-corrected chi connectivity index (χ0v) is 18.8. The molecule has 2 aromatic carbocycles. The highest BCUT2D eigenvalue weighted by molar-refractivity contribution is 9.11. The standard InChI is InChI=1S/C20H17Br2N3OS/c1-12-3-5-14(6-4-12)17-9-13(2)23-20(25-17)27-11-19(26)24-18-10-15(21)7-8-16(18)22/h3-10H,11H2,1-2H3,(H,24,26). The smallest absolute Gasteiger partial charge is 0.234 e. The minimum atomic E-state index is -0.110. The van der Waals surface area contributed by atoms with Crippen molar-refractivity contribution in [1.29, 1.82) is 0 Å². The quantitative estimate of drug-likeness (QED) is 0.339. The SMILES string of the molecule is Cc1ccc(-c2cc(C)nc(SCC(=O)Nc3cc(Br)ccc3Br)n2)cc1. The minimum absolute atomic E-state index is 0.110. The molecule has 4 nitrogen and oxygen atoms in total. The van der Waals surface area contributed by atoms with Crippen molar-refractivity contribution < 1.29 is 4.79 Å². The Bertz CT molecular complexity index is 977. The van der Waals surface area contributed by atoms with Crippen LogP contribution in [0.4, 0.5) is 5.69 Å². The summed E-state index contributed by atoms with van der Waals surface area (Å²) in [5.41, 5.74) is 4.70. The second-order valence-corrected chi connectivity index (χ2v) is 8.72. The van der Waals surface area contributed by atoms with E-state index >= 15 is 0 Å². The second kappa shape index (κ2) is 8.99. The Balaban J connectivity index is 1.69. The van der Waals surface area contributed by atoms with E-state index in [0.717, 1.165) is 31.6 Å². The fraction of sp³-hybridized carbons (Fsp3) is 0.150. The summed E-state index contributed by atoms with van der Waals surface area (Å²) in [4.78, 5) is 21.3. The lowest BCUT2D eigenvalue weighted by Gasteiger charge is -2.09. The highest BCUT2D eigenvalue weighted by Crippen LogP contribution is 2.27. The Morgan fingerprint density at radius 3 is 2.52 bits per heavy atom. The van der Waals surface area contributed by atoms with Gasteiger partial charge in [-0.25, -0.2) is 9.97 Å². The summed E-state index contributed by atoms with van der Waals surface area (Å²) in [5.74, 6) is 0.122. The molecule has 0 aliphatic carbocycles. The predicted molar refractivity (Wildman–Crippen MR) is 118 cm³/mol. The lowest BCUT2D eigenvalue weighted by molar-refractivity contribution is -0.113. The van der Waals surface area contributed by atoms with E-state index in [-0.39, 0.29) is 11.7 Å². The minimum Gasteiger partial charge on any atom is -0.324 e. The lowest BCUT2D eigenvalue weighted by Crippen LogP contribution is -2.14. The molecule has 1 amide bonds. The van der Waals surface area contributed by atoms with Crippen LogP contribution in [0, 0.1) is 13.8 Å². The van der Waals surface area contributed by atoms with Crippen LogP contribution in [0.1, 0.15) is 11.3 Å². The molecular weight excluding hydrogens is 490 g/mol. The molecule has 0 fully saturated rings. The van der Waals surface area contributed by atoms with E-state index in [4.69, 9.17) is 0 Å². The average Bonchev–Trinajstić information content (AvgIpc) is 2.63. The molecule has 7 heteroatoms. The Kier molecular flexibility index (Phi) is 6.68. The number of rotatable bonds is 5. The van der Waals surface area contributed by atoms with Gasteiger partial charge in [-0.3, -0.25) is 4.79 Å². The molecule has 1 heterocycles. The number of carbonyl (C=O) groups is 1. The van der Waals surface area contributed by atoms with E-state index in [1.165, 1.54) is 17.3 Å². The summed E-state index contributed by atoms with van der Waals surface area (Å²) in [5, 5.41) is 3.49. The summed E-state index contributed by atoms with van der Waals surface area (Å²) in [6.07, 6.45) is 0. The van der Waals surface area contributed by atoms with Crippen molar-refractivity contribution in [3.05, 3.63) is 68.7 Å². The Morgan fingerprint density at radius 2 is 1.78 bits per heavy atom. The van der Waals surface area contributed by atoms with Gasteiger partial charge in [0.2, 0.25) is 5.91 Å². The second-order valence-electron chi connectivity index (χ2n) is 6.00. The van der Waals surface area contributed by atoms with Gasteiger partial charge in [0.15, 0.2) is 5.16 Å². The van der Waals surface area contributed by atoms with Gasteiger partial charge in [0.05, 0.1) is 17.1 Å². The van der Waals surface area contributed by atoms with Crippen molar-refractivity contribution in [3.8, 4) is 11.3 Å². The molecule has 0 unspecified atom stereocenters. The third-order valence-corrected chi connectivity index (χ3v) is 5.75. The van der Waals surface area contributed by atoms with Gasteiger partial charge in [-0.1, -0.05) is 57.5 Å². The van der Waals surface area contributed by atoms with Crippen molar-refractivity contribution in [3.63, 3.8) is 0 Å². The third-order valence-electron chi connectivity index (χ3n) is 3.72. The number of halogens is 2. The first-order valence-electron chi connectivity index (χ1n) is 8.21. The third kappa shape index (κ3) is 5.64. The van der Waals surface area contributed by atoms with E-state index in [1.807, 2.05) is 43.3 Å². The number of aryl methyl sites for hydroxylation is 2. The first-order chi connectivity index (χ1) is 12.9. The number of hydrogen-bond acceptors (Lipinski definition) is 4. The number of aromatic nitrogens is 2. The fourth-order valence-electron chi connectivity index (χ4n) is 2.39. The van der Waals surface area contributed by atoms with Gasteiger partial charge in [-0.2, -0.15) is 0 Å². The normalized spacial score (nSPS) is 10.7. The van der Waals surface area contributed by atoms with Crippen molar-refractivity contribution >= 4 is 55.2 Å². The molecule has 1 N–H and O–H groups in total. The van der Waals surface area contributed by atoms with Crippen LogP contribution in [0.3, 0.4) is 0 Å². The molecule has 0 saturated heterocycles. The molecule has 0 radical (unpaired) electrons. The molecule has 1 aromatic heterocycles. The Hall–Kier alpha value is -1.70. The molecule has 3 rings (SSSR count). The molecule has 3 aromatic rings. The predicted octanol–water partition coefficient (Wildman–Crippen LogP) is 6.02. The monoisotopic (exact) mass is 505 g/mol. The topological polar surface area (TPSA) is 54.9 Å². The van der Waals surface area contributed by atoms with Gasteiger partial charge in [-0.15, -0.1) is 0 Å². The maximum Gasteiger partial charge on any atom is 0.234 e. The molecule has 27 heavy (non-hydrogen) atoms. The number of benzene rings is 2. The van der Waals surface area contributed by atoms with Crippen LogP contribution in [0.5, 0.6) is 0 Å². The summed E-state index contributed by atoms with van der Waals surface area (Å²) in [6, 6.07) is 15.8. The molecule has 138 valence electrons. The first kappa shape index (κ1) is 20.0. The number of nitrogens with zero attached hydrogens (tertiary/aromatic N) is 2. The molecule has 0 saturated carbocycles. The number of nitrogens with one attached hydrogen (secondary N) is 1. The highest BCUT2D eigenvalue weighted by atomic mass is 79.9. The summed E-state index contributed by atoms with van der Waals surface area (Å²) < 4.78 is 1.73. The average molecular weight is 507 g/mol. The fourth-order valence-corrected chi connectivity index (χ4v) is 3.80. The van der Waals surface area contributed by atoms with Crippen LogP contribution in [-0.2, 0) is 4.79 Å². The van der Waals surface area contributed by atoms with Crippen LogP contribution in [0.15, 0.2) is 62.6 Å². The first-order valence-corrected chi connectivity index (χ1v) is 10.8. The molecule has 0 bridgehead atoms. The maximum absolute atomic E-state index is 12.3. The van der Waals surface area contributed by atoms with Crippen LogP contribution < -0.4 is 5.32 Å². The van der Waals surface area contributed by atoms with Gasteiger partial charge in [-0.05, 0) is 54.0 Å². The van der Waals surface area contributed by atoms with Gasteiger partial charge >= 0.3 is 0 Å². The van der Waals surface area contributed by atoms with Crippen molar-refractivity contribution in [1.82, 2.24) is 9.97 Å². The summed E-state index contributed by atoms with van der Waals surface area (Å²) >= 11 is 8.17. The van der Waals surface area contributed by atoms with Gasteiger partial charge in [0.1, 0.15) is 0 Å². The van der Waals surface area contributed by atoms with Crippen molar-refractivity contribution in [2.45, 2.75) is 19.0 Å². The number of hydrogen-bond donors (Lipinski definition) is 1. The van der Waals surface area contributed by atoms with Crippen LogP contribution in [-0.4, -0.2) is 21.6 Å². The van der Waals surface area contributed by atoms with Gasteiger partial charge < -0.3 is 5.32 Å². The number of carbonyl (C=O) groups excluding carboxylic acids is 1. The molecular formula is C20H17Br2N3OS. The molecule has 0 spiro atoms. The Morgan fingerprint density at radius 1 is 1.04 bits per heavy atom. The number of amides is 1. The van der Waals surface area contributed by atoms with Crippen molar-refractivity contribution in [2.75, 3.05) is 11.1 Å². The largest absolute Gasteiger partial charge is 0.324 e. The molecule has 0 aliphatic rings. The highest BCUT2D eigenvalue weighted by Gasteiger charge is 2.10. The number of anilines is 1. The van der Waals surface area contributed by atoms with Gasteiger partial charge in [0.25, 0.3) is 0 Å². The molecule has 0 aliphatic heterocycles. The van der Waals surface area contributed by atoms with E-state index in [2.05, 4.69) is 66.2 Å². The molecule has 0 atom stereocenters. The van der Waals surface area contributed by atoms with E-state index < -0.39 is 0 Å². The number of thioether (sulfide) groups is 1. The van der Waals surface area contributed by atoms with E-state index in [0.29, 0.717) is 5.16 Å². The lowest BCUT2D eigenvalue weighted by atomic mass is 10.1. The van der Waals surface area contributed by atoms with Crippen LogP contribution in [0.2, 0.25) is 0 Å². The van der Waals surface area contributed by atoms with Crippen LogP contribution in [0.25, 0.3) is 11.3 Å². The Labute approximate surface area is 179 Å².